The van der Waals surface area contributed by atoms with Gasteiger partial charge in [0.1, 0.15) is 11.5 Å². The Morgan fingerprint density at radius 3 is 2.50 bits per heavy atom. The van der Waals surface area contributed by atoms with Gasteiger partial charge in [0.25, 0.3) is 5.91 Å². The molecule has 0 aliphatic carbocycles. The first-order chi connectivity index (χ1) is 9.38. The molecule has 104 valence electrons. The van der Waals surface area contributed by atoms with Crippen molar-refractivity contribution in [2.24, 2.45) is 0 Å². The Kier molecular flexibility index (Phi) is 3.99. The maximum absolute atomic E-state index is 12.2. The third kappa shape index (κ3) is 2.93. The van der Waals surface area contributed by atoms with Crippen LogP contribution in [0.25, 0.3) is 0 Å². The molecule has 0 saturated carbocycles. The molecule has 2 aromatic rings. The van der Waals surface area contributed by atoms with Gasteiger partial charge in [-0.25, -0.2) is 0 Å². The number of hydrogen-bond acceptors (Lipinski definition) is 3. The molecule has 0 spiro atoms. The second-order valence-corrected chi connectivity index (χ2v) is 5.45. The summed E-state index contributed by atoms with van der Waals surface area (Å²) in [5.74, 6) is -0.736. The highest BCUT2D eigenvalue weighted by Crippen LogP contribution is 2.29. The number of carbonyl (C=O) groups is 1. The normalized spacial score (nSPS) is 10.3. The third-order valence-corrected chi connectivity index (χ3v) is 3.52. The van der Waals surface area contributed by atoms with E-state index in [1.165, 1.54) is 18.2 Å². The smallest absolute Gasteiger partial charge is 0.259 e. The standard InChI is InChI=1S/C15H14BrNO3/c1-8-5-9(2)14(12(16)6-8)17-15(20)11-7-10(18)3-4-13(11)19/h3-7,18-19H,1-2H3,(H,17,20). The van der Waals surface area contributed by atoms with Gasteiger partial charge in [0.2, 0.25) is 0 Å². The number of carbonyl (C=O) groups excluding carboxylic acids is 1. The average molecular weight is 336 g/mol. The monoisotopic (exact) mass is 335 g/mol. The van der Waals surface area contributed by atoms with Crippen LogP contribution < -0.4 is 5.32 Å². The van der Waals surface area contributed by atoms with Crippen molar-refractivity contribution in [2.75, 3.05) is 5.32 Å². The number of halogens is 1. The third-order valence-electron chi connectivity index (χ3n) is 2.90. The second kappa shape index (κ2) is 5.54. The van der Waals surface area contributed by atoms with Crippen LogP contribution in [0.2, 0.25) is 0 Å². The van der Waals surface area contributed by atoms with E-state index >= 15 is 0 Å². The lowest BCUT2D eigenvalue weighted by Crippen LogP contribution is -2.13. The molecule has 0 aliphatic heterocycles. The summed E-state index contributed by atoms with van der Waals surface area (Å²) in [7, 11) is 0. The number of hydrogen-bond donors (Lipinski definition) is 3. The average Bonchev–Trinajstić information content (AvgIpc) is 2.36. The quantitative estimate of drug-likeness (QED) is 0.732. The largest absolute Gasteiger partial charge is 0.508 e. The SMILES string of the molecule is Cc1cc(C)c(NC(=O)c2cc(O)ccc2O)c(Br)c1. The summed E-state index contributed by atoms with van der Waals surface area (Å²) in [5, 5.41) is 21.8. The molecule has 5 heteroatoms. The van der Waals surface area contributed by atoms with Crippen molar-refractivity contribution < 1.29 is 15.0 Å². The number of aromatic hydroxyl groups is 2. The second-order valence-electron chi connectivity index (χ2n) is 4.59. The summed E-state index contributed by atoms with van der Waals surface area (Å²) >= 11 is 3.41. The maximum atomic E-state index is 12.2. The van der Waals surface area contributed by atoms with Gasteiger partial charge in [0.05, 0.1) is 11.3 Å². The molecule has 0 atom stereocenters. The molecule has 0 fully saturated rings. The van der Waals surface area contributed by atoms with E-state index in [1.807, 2.05) is 26.0 Å². The Labute approximate surface area is 125 Å². The van der Waals surface area contributed by atoms with Gasteiger partial charge in [-0.1, -0.05) is 6.07 Å². The highest BCUT2D eigenvalue weighted by Gasteiger charge is 2.15. The Hall–Kier alpha value is -2.01. The number of aryl methyl sites for hydroxylation is 2. The fourth-order valence-electron chi connectivity index (χ4n) is 1.96. The molecule has 2 aromatic carbocycles. The van der Waals surface area contributed by atoms with Crippen molar-refractivity contribution in [2.45, 2.75) is 13.8 Å². The van der Waals surface area contributed by atoms with E-state index in [1.54, 1.807) is 0 Å². The van der Waals surface area contributed by atoms with Crippen LogP contribution >= 0.6 is 15.9 Å². The van der Waals surface area contributed by atoms with E-state index in [9.17, 15) is 15.0 Å². The summed E-state index contributed by atoms with van der Waals surface area (Å²) in [6.45, 7) is 3.85. The zero-order chi connectivity index (χ0) is 14.9. The molecule has 0 aromatic heterocycles. The van der Waals surface area contributed by atoms with Crippen LogP contribution in [0.3, 0.4) is 0 Å². The van der Waals surface area contributed by atoms with Crippen molar-refractivity contribution in [3.8, 4) is 11.5 Å². The van der Waals surface area contributed by atoms with Crippen LogP contribution in [0, 0.1) is 13.8 Å². The van der Waals surface area contributed by atoms with Crippen LogP contribution in [0.5, 0.6) is 11.5 Å². The minimum absolute atomic E-state index is 0.0249. The van der Waals surface area contributed by atoms with Crippen molar-refractivity contribution in [3.05, 3.63) is 51.5 Å². The van der Waals surface area contributed by atoms with Gasteiger partial charge in [-0.2, -0.15) is 0 Å². The molecule has 4 nitrogen and oxygen atoms in total. The number of anilines is 1. The lowest BCUT2D eigenvalue weighted by Gasteiger charge is -2.12. The highest BCUT2D eigenvalue weighted by atomic mass is 79.9. The van der Waals surface area contributed by atoms with E-state index in [2.05, 4.69) is 21.2 Å². The Bertz CT molecular complexity index is 660. The van der Waals surface area contributed by atoms with E-state index in [0.717, 1.165) is 15.6 Å². The Morgan fingerprint density at radius 2 is 1.85 bits per heavy atom. The Balaban J connectivity index is 2.35. The lowest BCUT2D eigenvalue weighted by molar-refractivity contribution is 0.102. The number of nitrogens with one attached hydrogen (secondary N) is 1. The van der Waals surface area contributed by atoms with Crippen molar-refractivity contribution in [3.63, 3.8) is 0 Å². The summed E-state index contributed by atoms with van der Waals surface area (Å²) in [4.78, 5) is 12.2. The number of phenols is 2. The molecular weight excluding hydrogens is 322 g/mol. The van der Waals surface area contributed by atoms with Crippen molar-refractivity contribution in [1.82, 2.24) is 0 Å². The lowest BCUT2D eigenvalue weighted by atomic mass is 10.1. The summed E-state index contributed by atoms with van der Waals surface area (Å²) in [6.07, 6.45) is 0. The van der Waals surface area contributed by atoms with Crippen molar-refractivity contribution in [1.29, 1.82) is 0 Å². The van der Waals surface area contributed by atoms with E-state index < -0.39 is 5.91 Å². The fourth-order valence-corrected chi connectivity index (χ4v) is 2.73. The maximum Gasteiger partial charge on any atom is 0.259 e. The molecule has 1 amide bonds. The molecule has 0 radical (unpaired) electrons. The number of rotatable bonds is 2. The number of benzene rings is 2. The first kappa shape index (κ1) is 14.4. The van der Waals surface area contributed by atoms with Gasteiger partial charge >= 0.3 is 0 Å². The zero-order valence-electron chi connectivity index (χ0n) is 11.1. The van der Waals surface area contributed by atoms with Gasteiger partial charge < -0.3 is 15.5 Å². The van der Waals surface area contributed by atoms with Crippen LogP contribution in [0.4, 0.5) is 5.69 Å². The summed E-state index contributed by atoms with van der Waals surface area (Å²) < 4.78 is 0.767. The topological polar surface area (TPSA) is 69.6 Å². The summed E-state index contributed by atoms with van der Waals surface area (Å²) in [5.41, 5.74) is 2.65. The minimum atomic E-state index is -0.481. The van der Waals surface area contributed by atoms with Gasteiger partial charge in [-0.3, -0.25) is 4.79 Å². The highest BCUT2D eigenvalue weighted by molar-refractivity contribution is 9.10. The van der Waals surface area contributed by atoms with Crippen LogP contribution in [-0.2, 0) is 0 Å². The molecule has 0 bridgehead atoms. The predicted octanol–water partition coefficient (Wildman–Crippen LogP) is 3.73. The minimum Gasteiger partial charge on any atom is -0.508 e. The zero-order valence-corrected chi connectivity index (χ0v) is 12.7. The molecule has 2 rings (SSSR count). The fraction of sp³-hybridized carbons (Fsp3) is 0.133. The molecule has 0 unspecified atom stereocenters. The molecule has 20 heavy (non-hydrogen) atoms. The number of phenolic OH excluding ortho intramolecular Hbond substituents is 2. The van der Waals surface area contributed by atoms with E-state index in [-0.39, 0.29) is 17.1 Å². The first-order valence-corrected chi connectivity index (χ1v) is 6.78. The van der Waals surface area contributed by atoms with Gasteiger partial charge in [-0.15, -0.1) is 0 Å². The van der Waals surface area contributed by atoms with Crippen LogP contribution in [-0.4, -0.2) is 16.1 Å². The van der Waals surface area contributed by atoms with Gasteiger partial charge in [0.15, 0.2) is 0 Å². The van der Waals surface area contributed by atoms with Gasteiger partial charge in [0, 0.05) is 4.47 Å². The molecule has 3 N–H and O–H groups in total. The predicted molar refractivity (Wildman–Crippen MR) is 81.3 cm³/mol. The molecule has 0 saturated heterocycles. The molecule has 0 aliphatic rings. The molecular formula is C15H14BrNO3. The Morgan fingerprint density at radius 1 is 1.15 bits per heavy atom. The van der Waals surface area contributed by atoms with E-state index in [4.69, 9.17) is 0 Å². The van der Waals surface area contributed by atoms with Gasteiger partial charge in [-0.05, 0) is 65.2 Å². The first-order valence-electron chi connectivity index (χ1n) is 5.98. The molecule has 0 heterocycles. The van der Waals surface area contributed by atoms with Crippen LogP contribution in [0.15, 0.2) is 34.8 Å². The summed E-state index contributed by atoms with van der Waals surface area (Å²) in [6, 6.07) is 7.66. The van der Waals surface area contributed by atoms with E-state index in [0.29, 0.717) is 5.69 Å². The van der Waals surface area contributed by atoms with Crippen molar-refractivity contribution >= 4 is 27.5 Å². The number of amides is 1. The van der Waals surface area contributed by atoms with Crippen LogP contribution in [0.1, 0.15) is 21.5 Å².